The van der Waals surface area contributed by atoms with Gasteiger partial charge in [-0.05, 0) is 0 Å². The minimum absolute atomic E-state index is 0. The Morgan fingerprint density at radius 2 is 0.500 bits per heavy atom. The molecule has 0 aliphatic rings. The molecule has 0 aromatic carbocycles. The largest absolute Gasteiger partial charge is 6.00 e. The van der Waals surface area contributed by atoms with Crippen molar-refractivity contribution in [3.63, 3.8) is 0 Å². The zero-order chi connectivity index (χ0) is 0. The third kappa shape index (κ3) is 35.3. The average Bonchev–Trinajstić information content (AvgIpc) is 0. The van der Waals surface area contributed by atoms with Crippen molar-refractivity contribution in [1.82, 2.24) is 0 Å². The van der Waals surface area contributed by atoms with Gasteiger partial charge in [0.25, 0.3) is 0 Å². The molecule has 0 bridgehead atoms. The summed E-state index contributed by atoms with van der Waals surface area (Å²) in [4.78, 5) is 0. The summed E-state index contributed by atoms with van der Waals surface area (Å²) in [5.41, 5.74) is 0. The van der Waals surface area contributed by atoms with Crippen LogP contribution in [0.15, 0.2) is 0 Å². The molecule has 0 amide bonds. The molecule has 0 saturated heterocycles. The smallest absolute Gasteiger partial charge is 2.00 e. The van der Waals surface area contributed by atoms with Crippen LogP contribution in [0, 0.1) is 31.1 Å². The molecular weight excluding hydrogens is 342 g/mol. The van der Waals surface area contributed by atoms with Crippen LogP contribution in [0.2, 0.25) is 0 Å². The van der Waals surface area contributed by atoms with Crippen molar-refractivity contribution >= 4 is 37.7 Å². The SMILES string of the molecule is [Ca+2].[O-2].[O-2].[O-2].[O-2].[U+6]. The van der Waals surface area contributed by atoms with Crippen LogP contribution >= 0.6 is 0 Å². The minimum atomic E-state index is 0. The molecule has 0 aliphatic carbocycles. The summed E-state index contributed by atoms with van der Waals surface area (Å²) < 4.78 is 0. The average molecular weight is 342 g/mol. The second-order valence-corrected chi connectivity index (χ2v) is 0. The Morgan fingerprint density at radius 1 is 0.500 bits per heavy atom. The molecule has 6 heavy (non-hydrogen) atoms. The third-order valence-corrected chi connectivity index (χ3v) is 0. The minimum Gasteiger partial charge on any atom is -2.00 e. The Balaban J connectivity index is 0. The number of rotatable bonds is 0. The van der Waals surface area contributed by atoms with Gasteiger partial charge in [0.15, 0.2) is 0 Å². The van der Waals surface area contributed by atoms with Gasteiger partial charge in [-0.3, -0.25) is 0 Å². The van der Waals surface area contributed by atoms with E-state index in [1.807, 2.05) is 0 Å². The Labute approximate surface area is 89.3 Å². The second kappa shape index (κ2) is 58.5. The first kappa shape index (κ1) is 90.1. The van der Waals surface area contributed by atoms with Crippen molar-refractivity contribution in [2.75, 3.05) is 0 Å². The van der Waals surface area contributed by atoms with E-state index >= 15 is 0 Å². The van der Waals surface area contributed by atoms with E-state index in [1.54, 1.807) is 0 Å². The van der Waals surface area contributed by atoms with Crippen molar-refractivity contribution in [3.05, 3.63) is 0 Å². The van der Waals surface area contributed by atoms with Crippen LogP contribution in [0.4, 0.5) is 0 Å². The Hall–Kier alpha value is 2.15. The van der Waals surface area contributed by atoms with Crippen molar-refractivity contribution in [1.29, 1.82) is 0 Å². The van der Waals surface area contributed by atoms with E-state index in [9.17, 15) is 0 Å². The quantitative estimate of drug-likeness (QED) is 0.510. The van der Waals surface area contributed by atoms with Crippen LogP contribution in [0.3, 0.4) is 0 Å². The predicted octanol–water partition coefficient (Wildman–Crippen LogP) is -0.856. The van der Waals surface area contributed by atoms with Gasteiger partial charge in [-0.2, -0.15) is 0 Å². The second-order valence-electron chi connectivity index (χ2n) is 0. The molecule has 30 valence electrons. The fourth-order valence-electron chi connectivity index (χ4n) is 0. The van der Waals surface area contributed by atoms with E-state index in [0.29, 0.717) is 0 Å². The van der Waals surface area contributed by atoms with Gasteiger partial charge >= 0.3 is 68.9 Å². The Morgan fingerprint density at radius 3 is 0.500 bits per heavy atom. The third-order valence-electron chi connectivity index (χ3n) is 0. The Kier molecular flexibility index (Phi) is 877. The first-order valence-electron chi connectivity index (χ1n) is 0. The summed E-state index contributed by atoms with van der Waals surface area (Å²) in [6.07, 6.45) is 0. The van der Waals surface area contributed by atoms with Crippen LogP contribution in [0.5, 0.6) is 0 Å². The van der Waals surface area contributed by atoms with Gasteiger partial charge in [0, 0.05) is 0 Å². The zero-order valence-electron chi connectivity index (χ0n) is 2.84. The standard InChI is InChI=1S/Ca.4O.U/q+2;4*-2;+6. The van der Waals surface area contributed by atoms with Gasteiger partial charge < -0.3 is 21.9 Å². The maximum Gasteiger partial charge on any atom is 6.00 e. The monoisotopic (exact) mass is 342 g/mol. The molecule has 0 fully saturated rings. The normalized spacial score (nSPS) is 0. The van der Waals surface area contributed by atoms with E-state index in [4.69, 9.17) is 0 Å². The van der Waals surface area contributed by atoms with Gasteiger partial charge in [-0.25, -0.2) is 0 Å². The molecule has 0 spiro atoms. The van der Waals surface area contributed by atoms with Crippen molar-refractivity contribution in [2.45, 2.75) is 0 Å². The first-order chi connectivity index (χ1) is 0. The molecule has 0 aromatic heterocycles. The maximum absolute atomic E-state index is 0. The fourth-order valence-corrected chi connectivity index (χ4v) is 0. The van der Waals surface area contributed by atoms with E-state index in [2.05, 4.69) is 0 Å². The topological polar surface area (TPSA) is 114 Å². The molecule has 0 radical (unpaired) electrons. The van der Waals surface area contributed by atoms with Crippen LogP contribution in [-0.2, 0) is 21.9 Å². The van der Waals surface area contributed by atoms with Crippen LogP contribution in [0.1, 0.15) is 0 Å². The van der Waals surface area contributed by atoms with Crippen LogP contribution in [-0.4, -0.2) is 37.7 Å². The predicted molar refractivity (Wildman–Crippen MR) is 8.50 cm³/mol. The molecule has 0 saturated carbocycles. The molecule has 0 atom stereocenters. The molecule has 0 rings (SSSR count). The van der Waals surface area contributed by atoms with Gasteiger partial charge in [-0.15, -0.1) is 0 Å². The van der Waals surface area contributed by atoms with Gasteiger partial charge in [0.1, 0.15) is 0 Å². The number of hydrogen-bond acceptors (Lipinski definition) is 0. The van der Waals surface area contributed by atoms with Crippen molar-refractivity contribution in [3.8, 4) is 0 Å². The zero-order valence-corrected chi connectivity index (χ0v) is 9.21. The van der Waals surface area contributed by atoms with E-state index in [0.717, 1.165) is 0 Å². The van der Waals surface area contributed by atoms with Gasteiger partial charge in [-0.1, -0.05) is 0 Å². The van der Waals surface area contributed by atoms with Gasteiger partial charge in [0.05, 0.1) is 0 Å². The van der Waals surface area contributed by atoms with Crippen molar-refractivity contribution in [2.24, 2.45) is 0 Å². The van der Waals surface area contributed by atoms with E-state index in [-0.39, 0.29) is 90.8 Å². The summed E-state index contributed by atoms with van der Waals surface area (Å²) in [5.74, 6) is 0. The fraction of sp³-hybridized carbons (Fsp3) is 0. The molecule has 0 heterocycles. The molecule has 0 aliphatic heterocycles. The molecular formula is CaO4U. The summed E-state index contributed by atoms with van der Waals surface area (Å²) in [7, 11) is 0. The summed E-state index contributed by atoms with van der Waals surface area (Å²) in [6.45, 7) is 0. The molecule has 0 unspecified atom stereocenters. The number of hydrogen-bond donors (Lipinski definition) is 0. The summed E-state index contributed by atoms with van der Waals surface area (Å²) in [5, 5.41) is 0. The van der Waals surface area contributed by atoms with E-state index in [1.165, 1.54) is 0 Å². The van der Waals surface area contributed by atoms with Crippen LogP contribution in [0.25, 0.3) is 0 Å². The molecule has 6 heteroatoms. The van der Waals surface area contributed by atoms with Gasteiger partial charge in [0.2, 0.25) is 0 Å². The van der Waals surface area contributed by atoms with Crippen molar-refractivity contribution < 1.29 is 53.0 Å². The summed E-state index contributed by atoms with van der Waals surface area (Å²) >= 11 is 0. The Bertz CT molecular complexity index is 7.51. The molecule has 0 N–H and O–H groups in total. The van der Waals surface area contributed by atoms with Crippen LogP contribution < -0.4 is 0 Å². The summed E-state index contributed by atoms with van der Waals surface area (Å²) in [6, 6.07) is 0. The van der Waals surface area contributed by atoms with E-state index < -0.39 is 0 Å². The molecule has 4 nitrogen and oxygen atoms in total. The first-order valence-corrected chi connectivity index (χ1v) is 0. The molecule has 0 aromatic rings. The maximum atomic E-state index is 0.